The number of anilines is 1. The third-order valence-corrected chi connectivity index (χ3v) is 5.19. The normalized spacial score (nSPS) is 10.4. The lowest BCUT2D eigenvalue weighted by Gasteiger charge is -2.10. The summed E-state index contributed by atoms with van der Waals surface area (Å²) in [4.78, 5) is 24.7. The van der Waals surface area contributed by atoms with Crippen molar-refractivity contribution in [3.8, 4) is 11.5 Å². The number of rotatable bonds is 10. The zero-order valence-electron chi connectivity index (χ0n) is 19.3. The SMILES string of the molecule is COc1cccc(NC(=O)COc2ccc(C(=O)NCc3cccc(Cn4cccn4)c3)cc2)c1. The maximum Gasteiger partial charge on any atom is 0.262 e. The summed E-state index contributed by atoms with van der Waals surface area (Å²) in [5.74, 6) is 0.660. The van der Waals surface area contributed by atoms with E-state index in [-0.39, 0.29) is 18.4 Å². The Labute approximate surface area is 203 Å². The summed E-state index contributed by atoms with van der Waals surface area (Å²) in [6.45, 7) is 0.930. The lowest BCUT2D eigenvalue weighted by molar-refractivity contribution is -0.118. The number of hydrogen-bond donors (Lipinski definition) is 2. The molecule has 178 valence electrons. The first kappa shape index (κ1) is 23.6. The second-order valence-electron chi connectivity index (χ2n) is 7.80. The molecule has 4 aromatic rings. The Kier molecular flexibility index (Phi) is 7.75. The van der Waals surface area contributed by atoms with Crippen LogP contribution in [-0.2, 0) is 17.9 Å². The average Bonchev–Trinajstić information content (AvgIpc) is 3.40. The van der Waals surface area contributed by atoms with E-state index in [1.54, 1.807) is 61.8 Å². The molecule has 1 aromatic heterocycles. The molecule has 0 spiro atoms. The van der Waals surface area contributed by atoms with Crippen molar-refractivity contribution in [3.05, 3.63) is 108 Å². The zero-order chi connectivity index (χ0) is 24.5. The van der Waals surface area contributed by atoms with Crippen molar-refractivity contribution in [1.82, 2.24) is 15.1 Å². The van der Waals surface area contributed by atoms with E-state index in [0.29, 0.717) is 35.8 Å². The van der Waals surface area contributed by atoms with Gasteiger partial charge in [0.2, 0.25) is 0 Å². The van der Waals surface area contributed by atoms with Gasteiger partial charge in [0, 0.05) is 36.3 Å². The van der Waals surface area contributed by atoms with Crippen LogP contribution in [0.1, 0.15) is 21.5 Å². The van der Waals surface area contributed by atoms with Gasteiger partial charge < -0.3 is 20.1 Å². The summed E-state index contributed by atoms with van der Waals surface area (Å²) >= 11 is 0. The van der Waals surface area contributed by atoms with Gasteiger partial charge in [-0.1, -0.05) is 30.3 Å². The van der Waals surface area contributed by atoms with E-state index in [2.05, 4.69) is 21.8 Å². The second kappa shape index (κ2) is 11.5. The number of aromatic nitrogens is 2. The van der Waals surface area contributed by atoms with E-state index in [9.17, 15) is 9.59 Å². The first-order chi connectivity index (χ1) is 17.1. The maximum absolute atomic E-state index is 12.6. The van der Waals surface area contributed by atoms with E-state index in [4.69, 9.17) is 9.47 Å². The Balaban J connectivity index is 1.24. The van der Waals surface area contributed by atoms with Crippen LogP contribution in [0.4, 0.5) is 5.69 Å². The maximum atomic E-state index is 12.6. The topological polar surface area (TPSA) is 94.5 Å². The van der Waals surface area contributed by atoms with E-state index in [0.717, 1.165) is 11.1 Å². The third kappa shape index (κ3) is 6.94. The number of nitrogens with zero attached hydrogens (tertiary/aromatic N) is 2. The van der Waals surface area contributed by atoms with Crippen molar-refractivity contribution >= 4 is 17.5 Å². The van der Waals surface area contributed by atoms with Gasteiger partial charge in [-0.25, -0.2) is 0 Å². The monoisotopic (exact) mass is 470 g/mol. The van der Waals surface area contributed by atoms with Gasteiger partial charge in [0.25, 0.3) is 11.8 Å². The molecule has 1 heterocycles. The molecule has 2 N–H and O–H groups in total. The Morgan fingerprint density at radius 1 is 0.914 bits per heavy atom. The molecule has 0 saturated carbocycles. The molecule has 35 heavy (non-hydrogen) atoms. The minimum atomic E-state index is -0.296. The predicted molar refractivity (Wildman–Crippen MR) is 133 cm³/mol. The summed E-state index contributed by atoms with van der Waals surface area (Å²) in [5.41, 5.74) is 3.24. The van der Waals surface area contributed by atoms with Crippen molar-refractivity contribution in [2.24, 2.45) is 0 Å². The highest BCUT2D eigenvalue weighted by atomic mass is 16.5. The predicted octanol–water partition coefficient (Wildman–Crippen LogP) is 3.89. The van der Waals surface area contributed by atoms with Crippen LogP contribution in [-0.4, -0.2) is 35.3 Å². The Morgan fingerprint density at radius 3 is 2.49 bits per heavy atom. The molecule has 0 atom stereocenters. The number of benzene rings is 3. The summed E-state index contributed by atoms with van der Waals surface area (Å²) in [5, 5.41) is 9.90. The van der Waals surface area contributed by atoms with E-state index >= 15 is 0 Å². The molecule has 0 bridgehead atoms. The molecular formula is C27H26N4O4. The van der Waals surface area contributed by atoms with E-state index in [1.165, 1.54) is 0 Å². The molecule has 8 nitrogen and oxygen atoms in total. The number of carbonyl (C=O) groups excluding carboxylic acids is 2. The Hall–Kier alpha value is -4.59. The molecule has 2 amide bonds. The molecule has 3 aromatic carbocycles. The van der Waals surface area contributed by atoms with Gasteiger partial charge in [-0.15, -0.1) is 0 Å². The number of nitrogens with one attached hydrogen (secondary N) is 2. The van der Waals surface area contributed by atoms with Gasteiger partial charge in [-0.3, -0.25) is 14.3 Å². The number of hydrogen-bond acceptors (Lipinski definition) is 5. The molecule has 0 unspecified atom stereocenters. The van der Waals surface area contributed by atoms with Crippen molar-refractivity contribution in [2.75, 3.05) is 19.0 Å². The lowest BCUT2D eigenvalue weighted by Crippen LogP contribution is -2.23. The first-order valence-corrected chi connectivity index (χ1v) is 11.1. The Morgan fingerprint density at radius 2 is 1.71 bits per heavy atom. The minimum Gasteiger partial charge on any atom is -0.497 e. The molecule has 8 heteroatoms. The van der Waals surface area contributed by atoms with E-state index in [1.807, 2.05) is 35.1 Å². The van der Waals surface area contributed by atoms with Gasteiger partial charge in [0.1, 0.15) is 11.5 Å². The fraction of sp³-hybridized carbons (Fsp3) is 0.148. The average molecular weight is 471 g/mol. The van der Waals surface area contributed by atoms with E-state index < -0.39 is 0 Å². The Bertz CT molecular complexity index is 1270. The highest BCUT2D eigenvalue weighted by Gasteiger charge is 2.08. The number of ether oxygens (including phenoxy) is 2. The largest absolute Gasteiger partial charge is 0.497 e. The smallest absolute Gasteiger partial charge is 0.262 e. The van der Waals surface area contributed by atoms with Crippen LogP contribution in [0.2, 0.25) is 0 Å². The van der Waals surface area contributed by atoms with Crippen molar-refractivity contribution < 1.29 is 19.1 Å². The summed E-state index contributed by atoms with van der Waals surface area (Å²) in [7, 11) is 1.57. The highest BCUT2D eigenvalue weighted by Crippen LogP contribution is 2.17. The molecular weight excluding hydrogens is 444 g/mol. The standard InChI is InChI=1S/C27H26N4O4/c1-34-25-8-3-7-23(16-25)30-26(32)19-35-24-11-9-22(10-12-24)27(33)28-17-20-5-2-6-21(15-20)18-31-14-4-13-29-31/h2-16H,17-19H2,1H3,(H,28,33)(H,30,32). The minimum absolute atomic E-state index is 0.155. The molecule has 0 radical (unpaired) electrons. The number of methoxy groups -OCH3 is 1. The van der Waals surface area contributed by atoms with Gasteiger partial charge >= 0.3 is 0 Å². The molecule has 0 aliphatic heterocycles. The first-order valence-electron chi connectivity index (χ1n) is 11.1. The van der Waals surface area contributed by atoms with Crippen molar-refractivity contribution in [1.29, 1.82) is 0 Å². The van der Waals surface area contributed by atoms with Crippen LogP contribution in [0.15, 0.2) is 91.3 Å². The van der Waals surface area contributed by atoms with Crippen LogP contribution in [0.5, 0.6) is 11.5 Å². The quantitative estimate of drug-likeness (QED) is 0.367. The number of amides is 2. The summed E-state index contributed by atoms with van der Waals surface area (Å²) < 4.78 is 12.5. The molecule has 0 aliphatic carbocycles. The molecule has 4 rings (SSSR count). The third-order valence-electron chi connectivity index (χ3n) is 5.19. The fourth-order valence-corrected chi connectivity index (χ4v) is 3.45. The second-order valence-corrected chi connectivity index (χ2v) is 7.80. The van der Waals surface area contributed by atoms with Gasteiger partial charge in [0.05, 0.1) is 13.7 Å². The van der Waals surface area contributed by atoms with Crippen molar-refractivity contribution in [2.45, 2.75) is 13.1 Å². The van der Waals surface area contributed by atoms with Crippen LogP contribution in [0.3, 0.4) is 0 Å². The summed E-state index contributed by atoms with van der Waals surface area (Å²) in [6, 6.07) is 23.6. The van der Waals surface area contributed by atoms with Gasteiger partial charge in [0.15, 0.2) is 6.61 Å². The van der Waals surface area contributed by atoms with Crippen LogP contribution in [0, 0.1) is 0 Å². The van der Waals surface area contributed by atoms with Crippen LogP contribution in [0.25, 0.3) is 0 Å². The van der Waals surface area contributed by atoms with Gasteiger partial charge in [-0.05, 0) is 53.6 Å². The summed E-state index contributed by atoms with van der Waals surface area (Å²) in [6.07, 6.45) is 3.66. The number of carbonyl (C=O) groups is 2. The van der Waals surface area contributed by atoms with Crippen LogP contribution < -0.4 is 20.1 Å². The molecule has 0 saturated heterocycles. The molecule has 0 fully saturated rings. The van der Waals surface area contributed by atoms with Crippen LogP contribution >= 0.6 is 0 Å². The zero-order valence-corrected chi connectivity index (χ0v) is 19.3. The van der Waals surface area contributed by atoms with Crippen molar-refractivity contribution in [3.63, 3.8) is 0 Å². The fourth-order valence-electron chi connectivity index (χ4n) is 3.45. The molecule has 0 aliphatic rings. The van der Waals surface area contributed by atoms with Gasteiger partial charge in [-0.2, -0.15) is 5.10 Å². The lowest BCUT2D eigenvalue weighted by atomic mass is 10.1. The highest BCUT2D eigenvalue weighted by molar-refractivity contribution is 5.94.